The molecule has 0 saturated heterocycles. The van der Waals surface area contributed by atoms with Gasteiger partial charge < -0.3 is 0 Å². The van der Waals surface area contributed by atoms with E-state index in [0.717, 1.165) is 24.6 Å². The Labute approximate surface area is 106 Å². The van der Waals surface area contributed by atoms with Crippen LogP contribution >= 0.6 is 0 Å². The van der Waals surface area contributed by atoms with Crippen molar-refractivity contribution < 1.29 is 25.8 Å². The first-order valence-corrected chi connectivity index (χ1v) is 6.87. The van der Waals surface area contributed by atoms with Gasteiger partial charge in [0.1, 0.15) is 6.61 Å². The van der Waals surface area contributed by atoms with Gasteiger partial charge in [0.2, 0.25) is 0 Å². The highest BCUT2D eigenvalue weighted by Crippen LogP contribution is 2.29. The molecule has 0 aromatic carbocycles. The van der Waals surface area contributed by atoms with Crippen molar-refractivity contribution >= 4 is 15.6 Å². The summed E-state index contributed by atoms with van der Waals surface area (Å²) in [5.74, 6) is 0. The lowest BCUT2D eigenvalue weighted by molar-refractivity contribution is -0.137. The maximum atomic E-state index is 12.5. The van der Waals surface area contributed by atoms with Gasteiger partial charge in [-0.25, -0.2) is 4.52 Å². The fraction of sp³-hybridized carbons (Fsp3) is 0.300. The average molecular weight is 294 g/mol. The van der Waals surface area contributed by atoms with Crippen LogP contribution in [0.3, 0.4) is 0 Å². The predicted octanol–water partition coefficient (Wildman–Crippen LogP) is 1.83. The Hall–Kier alpha value is -1.61. The van der Waals surface area contributed by atoms with Gasteiger partial charge >= 0.3 is 6.18 Å². The molecule has 0 amide bonds. The fourth-order valence-corrected chi connectivity index (χ4v) is 1.80. The van der Waals surface area contributed by atoms with E-state index in [4.69, 9.17) is 0 Å². The molecule has 2 rings (SSSR count). The standard InChI is InChI=1S/C10H9F3N2O3S/c1-19(16,17)18-6-8-5-9-4-7(10(11,12)13)2-3-15(9)14-8/h2-5H,6H2,1H3. The fourth-order valence-electron chi connectivity index (χ4n) is 1.46. The second kappa shape index (κ2) is 4.49. The molecule has 5 nitrogen and oxygen atoms in total. The van der Waals surface area contributed by atoms with Gasteiger partial charge in [-0.15, -0.1) is 0 Å². The largest absolute Gasteiger partial charge is 0.416 e. The molecule has 104 valence electrons. The minimum Gasteiger partial charge on any atom is -0.264 e. The Kier molecular flexibility index (Phi) is 3.27. The molecular weight excluding hydrogens is 285 g/mol. The number of fused-ring (bicyclic) bond motifs is 1. The Morgan fingerprint density at radius 1 is 1.37 bits per heavy atom. The maximum absolute atomic E-state index is 12.5. The summed E-state index contributed by atoms with van der Waals surface area (Å²) in [7, 11) is -3.62. The van der Waals surface area contributed by atoms with E-state index in [0.29, 0.717) is 0 Å². The molecule has 0 saturated carbocycles. The number of hydrogen-bond donors (Lipinski definition) is 0. The van der Waals surface area contributed by atoms with Crippen molar-refractivity contribution in [1.82, 2.24) is 9.61 Å². The van der Waals surface area contributed by atoms with Crippen LogP contribution in [-0.4, -0.2) is 24.3 Å². The monoisotopic (exact) mass is 294 g/mol. The van der Waals surface area contributed by atoms with Crippen LogP contribution in [0.5, 0.6) is 0 Å². The van der Waals surface area contributed by atoms with Crippen molar-refractivity contribution in [2.45, 2.75) is 12.8 Å². The first-order valence-electron chi connectivity index (χ1n) is 5.05. The summed E-state index contributed by atoms with van der Waals surface area (Å²) in [4.78, 5) is 0. The van der Waals surface area contributed by atoms with Gasteiger partial charge in [-0.3, -0.25) is 4.18 Å². The summed E-state index contributed by atoms with van der Waals surface area (Å²) in [5, 5.41) is 3.90. The third kappa shape index (κ3) is 3.44. The molecular formula is C10H9F3N2O3S. The molecule has 0 unspecified atom stereocenters. The predicted molar refractivity (Wildman–Crippen MR) is 59.8 cm³/mol. The van der Waals surface area contributed by atoms with Gasteiger partial charge in [0.25, 0.3) is 10.1 Å². The average Bonchev–Trinajstić information content (AvgIpc) is 2.65. The summed E-state index contributed by atoms with van der Waals surface area (Å²) in [6.07, 6.45) is -2.40. The minimum absolute atomic E-state index is 0.210. The smallest absolute Gasteiger partial charge is 0.264 e. The van der Waals surface area contributed by atoms with Gasteiger partial charge in [0.05, 0.1) is 23.0 Å². The van der Waals surface area contributed by atoms with Gasteiger partial charge in [-0.1, -0.05) is 0 Å². The summed E-state index contributed by atoms with van der Waals surface area (Å²) >= 11 is 0. The van der Waals surface area contributed by atoms with Crippen LogP contribution in [0.25, 0.3) is 5.52 Å². The molecule has 0 aliphatic heterocycles. The molecule has 19 heavy (non-hydrogen) atoms. The second-order valence-corrected chi connectivity index (χ2v) is 5.53. The van der Waals surface area contributed by atoms with Crippen LogP contribution in [0, 0.1) is 0 Å². The van der Waals surface area contributed by atoms with E-state index in [1.807, 2.05) is 0 Å². The maximum Gasteiger partial charge on any atom is 0.416 e. The van der Waals surface area contributed by atoms with Crippen molar-refractivity contribution in [3.8, 4) is 0 Å². The summed E-state index contributed by atoms with van der Waals surface area (Å²) in [5.41, 5.74) is -0.359. The van der Waals surface area contributed by atoms with Crippen LogP contribution in [-0.2, 0) is 27.1 Å². The molecule has 2 heterocycles. The number of pyridine rings is 1. The van der Waals surface area contributed by atoms with E-state index in [1.165, 1.54) is 10.6 Å². The molecule has 0 spiro atoms. The molecule has 0 radical (unpaired) electrons. The van der Waals surface area contributed by atoms with Gasteiger partial charge in [-0.05, 0) is 18.2 Å². The second-order valence-electron chi connectivity index (χ2n) is 3.88. The van der Waals surface area contributed by atoms with Crippen LogP contribution in [0.2, 0.25) is 0 Å². The van der Waals surface area contributed by atoms with E-state index in [1.54, 1.807) is 0 Å². The number of halogens is 3. The Balaban J connectivity index is 2.31. The highest BCUT2D eigenvalue weighted by atomic mass is 32.2. The molecule has 2 aromatic rings. The Morgan fingerprint density at radius 2 is 2.05 bits per heavy atom. The highest BCUT2D eigenvalue weighted by Gasteiger charge is 2.30. The van der Waals surface area contributed by atoms with Crippen molar-refractivity contribution in [2.24, 2.45) is 0 Å². The highest BCUT2D eigenvalue weighted by molar-refractivity contribution is 7.85. The Morgan fingerprint density at radius 3 is 2.63 bits per heavy atom. The van der Waals surface area contributed by atoms with Crippen LogP contribution in [0.15, 0.2) is 24.4 Å². The Bertz CT molecular complexity index is 706. The van der Waals surface area contributed by atoms with E-state index in [9.17, 15) is 21.6 Å². The third-order valence-electron chi connectivity index (χ3n) is 2.26. The lowest BCUT2D eigenvalue weighted by atomic mass is 10.2. The molecule has 9 heteroatoms. The normalized spacial score (nSPS) is 13.1. The zero-order chi connectivity index (χ0) is 14.3. The summed E-state index contributed by atoms with van der Waals surface area (Å²) in [6.45, 7) is -0.318. The van der Waals surface area contributed by atoms with Crippen LogP contribution in [0.4, 0.5) is 13.2 Å². The molecule has 0 aliphatic rings. The number of rotatable bonds is 3. The topological polar surface area (TPSA) is 60.7 Å². The molecule has 0 fully saturated rings. The van der Waals surface area contributed by atoms with Gasteiger partial charge in [0.15, 0.2) is 0 Å². The first-order chi connectivity index (χ1) is 8.65. The van der Waals surface area contributed by atoms with Crippen molar-refractivity contribution in [3.05, 3.63) is 35.7 Å². The van der Waals surface area contributed by atoms with Crippen molar-refractivity contribution in [3.63, 3.8) is 0 Å². The quantitative estimate of drug-likeness (QED) is 0.810. The SMILES string of the molecule is CS(=O)(=O)OCc1cc2cc(C(F)(F)F)ccn2n1. The first kappa shape index (κ1) is 13.8. The van der Waals surface area contributed by atoms with Crippen molar-refractivity contribution in [1.29, 1.82) is 0 Å². The zero-order valence-electron chi connectivity index (χ0n) is 9.68. The molecule has 0 aliphatic carbocycles. The summed E-state index contributed by atoms with van der Waals surface area (Å²) in [6, 6.07) is 3.15. The van der Waals surface area contributed by atoms with Crippen molar-refractivity contribution in [2.75, 3.05) is 6.26 Å². The molecule has 2 aromatic heterocycles. The lowest BCUT2D eigenvalue weighted by Crippen LogP contribution is -2.05. The van der Waals surface area contributed by atoms with Gasteiger partial charge in [0, 0.05) is 6.20 Å². The van der Waals surface area contributed by atoms with Crippen LogP contribution < -0.4 is 0 Å². The van der Waals surface area contributed by atoms with E-state index in [2.05, 4.69) is 9.28 Å². The van der Waals surface area contributed by atoms with E-state index >= 15 is 0 Å². The third-order valence-corrected chi connectivity index (χ3v) is 2.81. The number of nitrogens with zero attached hydrogens (tertiary/aromatic N) is 2. The van der Waals surface area contributed by atoms with Gasteiger partial charge in [-0.2, -0.15) is 26.7 Å². The summed E-state index contributed by atoms with van der Waals surface area (Å²) < 4.78 is 64.8. The number of hydrogen-bond acceptors (Lipinski definition) is 4. The molecule has 0 atom stereocenters. The molecule has 0 bridgehead atoms. The minimum atomic E-state index is -4.44. The van der Waals surface area contributed by atoms with E-state index in [-0.39, 0.29) is 17.8 Å². The number of aromatic nitrogens is 2. The van der Waals surface area contributed by atoms with E-state index < -0.39 is 21.9 Å². The zero-order valence-corrected chi connectivity index (χ0v) is 10.5. The molecule has 0 N–H and O–H groups in total. The lowest BCUT2D eigenvalue weighted by Gasteiger charge is -2.05. The number of alkyl halides is 3. The van der Waals surface area contributed by atoms with Crippen LogP contribution in [0.1, 0.15) is 11.3 Å².